The summed E-state index contributed by atoms with van der Waals surface area (Å²) >= 11 is 1.50. The second-order valence-corrected chi connectivity index (χ2v) is 6.41. The maximum Gasteiger partial charge on any atom is 0.234 e. The number of benzene rings is 2. The van der Waals surface area contributed by atoms with Crippen LogP contribution in [0.25, 0.3) is 0 Å². The second-order valence-electron chi connectivity index (χ2n) is 5.36. The molecule has 0 spiro atoms. The average molecular weight is 328 g/mol. The molecule has 0 fully saturated rings. The Hall–Kier alpha value is -2.27. The molecule has 120 valence electrons. The Balaban J connectivity index is 1.91. The molecule has 0 aliphatic heterocycles. The van der Waals surface area contributed by atoms with Crippen LogP contribution in [0.2, 0.25) is 0 Å². The molecule has 2 aromatic carbocycles. The molecule has 0 aliphatic rings. The highest BCUT2D eigenvalue weighted by atomic mass is 32.2. The van der Waals surface area contributed by atoms with Crippen LogP contribution in [-0.2, 0) is 9.59 Å². The van der Waals surface area contributed by atoms with E-state index in [-0.39, 0.29) is 11.8 Å². The Morgan fingerprint density at radius 1 is 1.00 bits per heavy atom. The Morgan fingerprint density at radius 3 is 2.30 bits per heavy atom. The van der Waals surface area contributed by atoms with Crippen molar-refractivity contribution in [3.8, 4) is 0 Å². The summed E-state index contributed by atoms with van der Waals surface area (Å²) < 4.78 is 0. The predicted molar refractivity (Wildman–Crippen MR) is 96.0 cm³/mol. The van der Waals surface area contributed by atoms with Crippen molar-refractivity contribution in [3.63, 3.8) is 0 Å². The van der Waals surface area contributed by atoms with Crippen LogP contribution in [0.5, 0.6) is 0 Å². The quantitative estimate of drug-likeness (QED) is 0.816. The van der Waals surface area contributed by atoms with Gasteiger partial charge in [-0.3, -0.25) is 9.59 Å². The van der Waals surface area contributed by atoms with Crippen LogP contribution in [0, 0.1) is 13.8 Å². The Kier molecular flexibility index (Phi) is 5.82. The molecular weight excluding hydrogens is 308 g/mol. The third kappa shape index (κ3) is 5.45. The second kappa shape index (κ2) is 7.83. The van der Waals surface area contributed by atoms with E-state index in [2.05, 4.69) is 10.6 Å². The first-order valence-electron chi connectivity index (χ1n) is 7.31. The summed E-state index contributed by atoms with van der Waals surface area (Å²) in [7, 11) is 0. The van der Waals surface area contributed by atoms with Gasteiger partial charge in [0.25, 0.3) is 0 Å². The number of anilines is 2. The fourth-order valence-corrected chi connectivity index (χ4v) is 2.75. The highest BCUT2D eigenvalue weighted by Gasteiger charge is 2.06. The lowest BCUT2D eigenvalue weighted by molar-refractivity contribution is -0.114. The number of hydrogen-bond acceptors (Lipinski definition) is 3. The summed E-state index contributed by atoms with van der Waals surface area (Å²) in [5, 5.41) is 5.62. The molecular formula is C18H20N2O2S. The van der Waals surface area contributed by atoms with E-state index in [0.717, 1.165) is 21.8 Å². The van der Waals surface area contributed by atoms with E-state index < -0.39 is 0 Å². The van der Waals surface area contributed by atoms with E-state index >= 15 is 0 Å². The molecule has 4 nitrogen and oxygen atoms in total. The summed E-state index contributed by atoms with van der Waals surface area (Å²) in [4.78, 5) is 24.2. The maximum absolute atomic E-state index is 12.0. The van der Waals surface area contributed by atoms with Gasteiger partial charge in [-0.25, -0.2) is 0 Å². The molecule has 0 aliphatic carbocycles. The molecule has 0 saturated heterocycles. The fourth-order valence-electron chi connectivity index (χ4n) is 2.05. The van der Waals surface area contributed by atoms with Gasteiger partial charge in [-0.05, 0) is 49.7 Å². The van der Waals surface area contributed by atoms with Crippen molar-refractivity contribution < 1.29 is 9.59 Å². The summed E-state index contributed by atoms with van der Waals surface area (Å²) in [6, 6.07) is 13.5. The third-order valence-electron chi connectivity index (χ3n) is 3.21. The van der Waals surface area contributed by atoms with Crippen molar-refractivity contribution in [2.45, 2.75) is 25.7 Å². The van der Waals surface area contributed by atoms with Crippen LogP contribution in [0.15, 0.2) is 47.4 Å². The number of nitrogens with one attached hydrogen (secondary N) is 2. The van der Waals surface area contributed by atoms with E-state index in [4.69, 9.17) is 0 Å². The Bertz CT molecular complexity index is 711. The van der Waals surface area contributed by atoms with E-state index in [1.54, 1.807) is 12.1 Å². The van der Waals surface area contributed by atoms with Gasteiger partial charge in [-0.2, -0.15) is 0 Å². The molecule has 2 amide bonds. The number of hydrogen-bond donors (Lipinski definition) is 2. The van der Waals surface area contributed by atoms with Crippen molar-refractivity contribution in [2.24, 2.45) is 0 Å². The van der Waals surface area contributed by atoms with Crippen LogP contribution < -0.4 is 10.6 Å². The minimum Gasteiger partial charge on any atom is -0.326 e. The first-order chi connectivity index (χ1) is 10.9. The molecule has 0 unspecified atom stereocenters. The van der Waals surface area contributed by atoms with Crippen molar-refractivity contribution in [1.29, 1.82) is 0 Å². The zero-order valence-corrected chi connectivity index (χ0v) is 14.3. The number of carbonyl (C=O) groups excluding carboxylic acids is 2. The van der Waals surface area contributed by atoms with Gasteiger partial charge in [-0.15, -0.1) is 11.8 Å². The normalized spacial score (nSPS) is 10.2. The SMILES string of the molecule is CC(=O)Nc1ccc(NC(=O)CSc2ccc(C)cc2)cc1C. The largest absolute Gasteiger partial charge is 0.326 e. The highest BCUT2D eigenvalue weighted by molar-refractivity contribution is 8.00. The molecule has 2 aromatic rings. The van der Waals surface area contributed by atoms with E-state index in [0.29, 0.717) is 5.75 Å². The number of carbonyl (C=O) groups is 2. The number of rotatable bonds is 5. The van der Waals surface area contributed by atoms with Crippen LogP contribution >= 0.6 is 11.8 Å². The standard InChI is InChI=1S/C18H20N2O2S/c1-12-4-7-16(8-5-12)23-11-18(22)20-15-6-9-17(13(2)10-15)19-14(3)21/h4-10H,11H2,1-3H3,(H,19,21)(H,20,22). The van der Waals surface area contributed by atoms with E-state index in [1.165, 1.54) is 24.2 Å². The summed E-state index contributed by atoms with van der Waals surface area (Å²) in [6.45, 7) is 5.40. The first-order valence-corrected chi connectivity index (χ1v) is 8.30. The molecule has 5 heteroatoms. The highest BCUT2D eigenvalue weighted by Crippen LogP contribution is 2.21. The molecule has 0 bridgehead atoms. The lowest BCUT2D eigenvalue weighted by Gasteiger charge is -2.10. The van der Waals surface area contributed by atoms with Crippen LogP contribution in [0.1, 0.15) is 18.1 Å². The van der Waals surface area contributed by atoms with Crippen molar-refractivity contribution in [3.05, 3.63) is 53.6 Å². The molecule has 2 N–H and O–H groups in total. The van der Waals surface area contributed by atoms with Gasteiger partial charge in [-0.1, -0.05) is 17.7 Å². The van der Waals surface area contributed by atoms with Crippen LogP contribution in [-0.4, -0.2) is 17.6 Å². The lowest BCUT2D eigenvalue weighted by Crippen LogP contribution is -2.14. The van der Waals surface area contributed by atoms with Gasteiger partial charge in [0, 0.05) is 23.2 Å². The maximum atomic E-state index is 12.0. The number of amides is 2. The van der Waals surface area contributed by atoms with E-state index in [1.807, 2.05) is 44.2 Å². The summed E-state index contributed by atoms with van der Waals surface area (Å²) in [5.74, 6) is 0.192. The monoisotopic (exact) mass is 328 g/mol. The Morgan fingerprint density at radius 2 is 1.70 bits per heavy atom. The van der Waals surface area contributed by atoms with Crippen molar-refractivity contribution >= 4 is 35.0 Å². The molecule has 0 saturated carbocycles. The smallest absolute Gasteiger partial charge is 0.234 e. The minimum atomic E-state index is -0.112. The van der Waals surface area contributed by atoms with Gasteiger partial charge in [0.1, 0.15) is 0 Å². The molecule has 0 radical (unpaired) electrons. The van der Waals surface area contributed by atoms with Crippen LogP contribution in [0.3, 0.4) is 0 Å². The number of thioether (sulfide) groups is 1. The minimum absolute atomic E-state index is 0.0535. The third-order valence-corrected chi connectivity index (χ3v) is 4.22. The van der Waals surface area contributed by atoms with Crippen molar-refractivity contribution in [2.75, 3.05) is 16.4 Å². The molecule has 0 atom stereocenters. The van der Waals surface area contributed by atoms with Gasteiger partial charge in [0.15, 0.2) is 0 Å². The summed E-state index contributed by atoms with van der Waals surface area (Å²) in [6.07, 6.45) is 0. The van der Waals surface area contributed by atoms with E-state index in [9.17, 15) is 9.59 Å². The Labute approximate surface area is 140 Å². The zero-order chi connectivity index (χ0) is 16.8. The lowest BCUT2D eigenvalue weighted by atomic mass is 10.1. The number of aryl methyl sites for hydroxylation is 2. The molecule has 2 rings (SSSR count). The first kappa shape index (κ1) is 17.1. The van der Waals surface area contributed by atoms with Gasteiger partial charge < -0.3 is 10.6 Å². The zero-order valence-electron chi connectivity index (χ0n) is 13.5. The molecule has 0 aromatic heterocycles. The molecule has 23 heavy (non-hydrogen) atoms. The van der Waals surface area contributed by atoms with Gasteiger partial charge in [0.05, 0.1) is 5.75 Å². The van der Waals surface area contributed by atoms with Crippen molar-refractivity contribution in [1.82, 2.24) is 0 Å². The predicted octanol–water partition coefficient (Wildman–Crippen LogP) is 3.99. The van der Waals surface area contributed by atoms with Gasteiger partial charge in [0.2, 0.25) is 11.8 Å². The fraction of sp³-hybridized carbons (Fsp3) is 0.222. The summed E-state index contributed by atoms with van der Waals surface area (Å²) in [5.41, 5.74) is 3.59. The molecule has 0 heterocycles. The van der Waals surface area contributed by atoms with Crippen LogP contribution in [0.4, 0.5) is 11.4 Å². The van der Waals surface area contributed by atoms with Gasteiger partial charge >= 0.3 is 0 Å². The average Bonchev–Trinajstić information content (AvgIpc) is 2.49. The topological polar surface area (TPSA) is 58.2 Å².